The normalized spacial score (nSPS) is 11.6. The minimum atomic E-state index is -0.605. The minimum absolute atomic E-state index is 0.238. The van der Waals surface area contributed by atoms with Gasteiger partial charge < -0.3 is 15.2 Å². The van der Waals surface area contributed by atoms with Crippen molar-refractivity contribution in [1.82, 2.24) is 10.3 Å². The molecule has 3 rings (SSSR count). The van der Waals surface area contributed by atoms with Gasteiger partial charge in [-0.15, -0.1) is 0 Å². The number of halogens is 1. The summed E-state index contributed by atoms with van der Waals surface area (Å²) in [6.07, 6.45) is 1.30. The van der Waals surface area contributed by atoms with E-state index in [4.69, 9.17) is 4.74 Å². The molecule has 1 heterocycles. The highest BCUT2D eigenvalue weighted by Crippen LogP contribution is 2.21. The molecule has 0 saturated carbocycles. The fourth-order valence-electron chi connectivity index (χ4n) is 2.46. The molecule has 27 heavy (non-hydrogen) atoms. The largest absolute Gasteiger partial charge is 0.439 e. The molecule has 0 aliphatic rings. The second kappa shape index (κ2) is 9.30. The van der Waals surface area contributed by atoms with Crippen LogP contribution in [-0.2, 0) is 0 Å². The van der Waals surface area contributed by atoms with Gasteiger partial charge in [0.05, 0.1) is 11.7 Å². The van der Waals surface area contributed by atoms with Crippen molar-refractivity contribution in [1.29, 1.82) is 0 Å². The van der Waals surface area contributed by atoms with Gasteiger partial charge in [0.2, 0.25) is 5.88 Å². The lowest BCUT2D eigenvalue weighted by Gasteiger charge is -2.11. The summed E-state index contributed by atoms with van der Waals surface area (Å²) in [4.78, 5) is 16.4. The zero-order valence-corrected chi connectivity index (χ0v) is 16.1. The first-order valence-corrected chi connectivity index (χ1v) is 9.32. The van der Waals surface area contributed by atoms with Crippen LogP contribution in [0.25, 0.3) is 0 Å². The van der Waals surface area contributed by atoms with Crippen molar-refractivity contribution < 1.29 is 14.6 Å². The second-order valence-corrected chi connectivity index (χ2v) is 6.83. The quantitative estimate of drug-likeness (QED) is 0.583. The molecule has 0 aliphatic heterocycles. The monoisotopic (exact) mass is 426 g/mol. The van der Waals surface area contributed by atoms with E-state index in [1.807, 2.05) is 54.6 Å². The number of hydrogen-bond acceptors (Lipinski definition) is 4. The van der Waals surface area contributed by atoms with Gasteiger partial charge in [-0.2, -0.15) is 0 Å². The van der Waals surface area contributed by atoms with Gasteiger partial charge in [0.15, 0.2) is 0 Å². The number of aromatic nitrogens is 1. The first-order valence-electron chi connectivity index (χ1n) is 8.52. The molecule has 6 heteroatoms. The van der Waals surface area contributed by atoms with Crippen molar-refractivity contribution >= 4 is 21.8 Å². The van der Waals surface area contributed by atoms with Gasteiger partial charge in [0.1, 0.15) is 5.75 Å². The number of aliphatic hydroxyl groups excluding tert-OH is 1. The van der Waals surface area contributed by atoms with E-state index in [-0.39, 0.29) is 5.91 Å². The number of carbonyl (C=O) groups excluding carboxylic acids is 1. The third-order valence-electron chi connectivity index (χ3n) is 3.92. The Morgan fingerprint density at radius 1 is 1.07 bits per heavy atom. The Hall–Kier alpha value is -2.70. The van der Waals surface area contributed by atoms with Crippen LogP contribution in [0.15, 0.2) is 77.4 Å². The molecule has 2 N–H and O–H groups in total. The van der Waals surface area contributed by atoms with Crippen LogP contribution in [0, 0.1) is 0 Å². The Bertz CT molecular complexity index is 868. The molecule has 1 amide bonds. The Labute approximate surface area is 166 Å². The van der Waals surface area contributed by atoms with Crippen LogP contribution in [0.2, 0.25) is 0 Å². The molecule has 5 nitrogen and oxygen atoms in total. The average molecular weight is 427 g/mol. The summed E-state index contributed by atoms with van der Waals surface area (Å²) in [5, 5.41) is 12.9. The number of nitrogens with one attached hydrogen (secondary N) is 1. The van der Waals surface area contributed by atoms with Gasteiger partial charge in [-0.3, -0.25) is 4.79 Å². The van der Waals surface area contributed by atoms with Crippen molar-refractivity contribution in [3.63, 3.8) is 0 Å². The van der Waals surface area contributed by atoms with Crippen LogP contribution in [0.1, 0.15) is 28.4 Å². The van der Waals surface area contributed by atoms with Gasteiger partial charge in [-0.1, -0.05) is 46.3 Å². The molecular formula is C21H19BrN2O3. The zero-order valence-electron chi connectivity index (χ0n) is 14.5. The molecule has 0 aliphatic carbocycles. The first-order chi connectivity index (χ1) is 13.1. The first kappa shape index (κ1) is 19.1. The predicted octanol–water partition coefficient (Wildman–Crippen LogP) is 4.49. The van der Waals surface area contributed by atoms with Crippen LogP contribution in [0.4, 0.5) is 0 Å². The molecule has 138 valence electrons. The highest BCUT2D eigenvalue weighted by Gasteiger charge is 2.10. The molecule has 0 saturated heterocycles. The summed E-state index contributed by atoms with van der Waals surface area (Å²) in [6.45, 7) is 0.367. The Morgan fingerprint density at radius 3 is 2.48 bits per heavy atom. The maximum absolute atomic E-state index is 12.2. The Morgan fingerprint density at radius 2 is 1.81 bits per heavy atom. The lowest BCUT2D eigenvalue weighted by molar-refractivity contribution is 0.0942. The third kappa shape index (κ3) is 5.64. The SMILES string of the molecule is O=C(NCCC(O)c1ccccc1)c1ccc(Oc2ccc(Br)cc2)nc1. The van der Waals surface area contributed by atoms with Gasteiger partial charge in [0, 0.05) is 23.3 Å². The topological polar surface area (TPSA) is 71.5 Å². The lowest BCUT2D eigenvalue weighted by Crippen LogP contribution is -2.25. The molecule has 3 aromatic rings. The zero-order chi connectivity index (χ0) is 19.1. The van der Waals surface area contributed by atoms with E-state index in [2.05, 4.69) is 26.2 Å². The molecule has 1 unspecified atom stereocenters. The summed E-state index contributed by atoms with van der Waals surface area (Å²) in [5.74, 6) is 0.837. The number of aliphatic hydroxyl groups is 1. The van der Waals surface area contributed by atoms with E-state index in [1.54, 1.807) is 12.1 Å². The minimum Gasteiger partial charge on any atom is -0.439 e. The smallest absolute Gasteiger partial charge is 0.252 e. The maximum Gasteiger partial charge on any atom is 0.252 e. The van der Waals surface area contributed by atoms with Gasteiger partial charge in [-0.25, -0.2) is 4.98 Å². The predicted molar refractivity (Wildman–Crippen MR) is 107 cm³/mol. The summed E-state index contributed by atoms with van der Waals surface area (Å²) >= 11 is 3.37. The molecule has 2 aromatic carbocycles. The third-order valence-corrected chi connectivity index (χ3v) is 4.45. The van der Waals surface area contributed by atoms with Crippen molar-refractivity contribution in [3.8, 4) is 11.6 Å². The van der Waals surface area contributed by atoms with Crippen molar-refractivity contribution in [2.75, 3.05) is 6.54 Å². The van der Waals surface area contributed by atoms with E-state index in [0.717, 1.165) is 10.0 Å². The van der Waals surface area contributed by atoms with Crippen LogP contribution in [-0.4, -0.2) is 22.5 Å². The second-order valence-electron chi connectivity index (χ2n) is 5.91. The van der Waals surface area contributed by atoms with Crippen LogP contribution in [0.3, 0.4) is 0 Å². The van der Waals surface area contributed by atoms with E-state index in [0.29, 0.717) is 30.2 Å². The number of benzene rings is 2. The maximum atomic E-state index is 12.2. The number of amides is 1. The molecule has 0 fully saturated rings. The van der Waals surface area contributed by atoms with E-state index < -0.39 is 6.10 Å². The van der Waals surface area contributed by atoms with Gasteiger partial charge in [0.25, 0.3) is 5.91 Å². The summed E-state index contributed by atoms with van der Waals surface area (Å²) in [7, 11) is 0. The highest BCUT2D eigenvalue weighted by atomic mass is 79.9. The summed E-state index contributed by atoms with van der Waals surface area (Å²) < 4.78 is 6.60. The molecular weight excluding hydrogens is 408 g/mol. The number of ether oxygens (including phenoxy) is 1. The van der Waals surface area contributed by atoms with Crippen molar-refractivity contribution in [3.05, 3.63) is 88.5 Å². The van der Waals surface area contributed by atoms with Crippen molar-refractivity contribution in [2.24, 2.45) is 0 Å². The van der Waals surface area contributed by atoms with E-state index in [1.165, 1.54) is 6.20 Å². The van der Waals surface area contributed by atoms with Gasteiger partial charge in [-0.05, 0) is 42.3 Å². The van der Waals surface area contributed by atoms with E-state index in [9.17, 15) is 9.90 Å². The van der Waals surface area contributed by atoms with Crippen LogP contribution < -0.4 is 10.1 Å². The number of hydrogen-bond donors (Lipinski definition) is 2. The highest BCUT2D eigenvalue weighted by molar-refractivity contribution is 9.10. The fraction of sp³-hybridized carbons (Fsp3) is 0.143. The Kier molecular flexibility index (Phi) is 6.57. The molecule has 0 bridgehead atoms. The van der Waals surface area contributed by atoms with E-state index >= 15 is 0 Å². The number of rotatable bonds is 7. The Balaban J connectivity index is 1.49. The molecule has 1 aromatic heterocycles. The van der Waals surface area contributed by atoms with Crippen molar-refractivity contribution in [2.45, 2.75) is 12.5 Å². The molecule has 0 radical (unpaired) electrons. The van der Waals surface area contributed by atoms with Gasteiger partial charge >= 0.3 is 0 Å². The lowest BCUT2D eigenvalue weighted by atomic mass is 10.1. The molecule has 0 spiro atoms. The number of nitrogens with zero attached hydrogens (tertiary/aromatic N) is 1. The van der Waals surface area contributed by atoms with Crippen LogP contribution >= 0.6 is 15.9 Å². The number of carbonyl (C=O) groups is 1. The number of pyridine rings is 1. The van der Waals surface area contributed by atoms with Crippen LogP contribution in [0.5, 0.6) is 11.6 Å². The molecule has 1 atom stereocenters. The standard InChI is InChI=1S/C21H19BrN2O3/c22-17-7-9-18(10-8-17)27-20-11-6-16(14-24-20)21(26)23-13-12-19(25)15-4-2-1-3-5-15/h1-11,14,19,25H,12-13H2,(H,23,26). The summed E-state index contributed by atoms with van der Waals surface area (Å²) in [5.41, 5.74) is 1.27. The fourth-order valence-corrected chi connectivity index (χ4v) is 2.73. The summed E-state index contributed by atoms with van der Waals surface area (Å²) in [6, 6.07) is 20.1. The average Bonchev–Trinajstić information content (AvgIpc) is 2.71.